The van der Waals surface area contributed by atoms with Crippen LogP contribution in [0.2, 0.25) is 5.02 Å². The first-order valence-electron chi connectivity index (χ1n) is 8.76. The number of nitrogens with one attached hydrogen (secondary N) is 2. The fourth-order valence-electron chi connectivity index (χ4n) is 3.26. The zero-order chi connectivity index (χ0) is 18.4. The molecule has 2 aromatic rings. The van der Waals surface area contributed by atoms with Gasteiger partial charge < -0.3 is 15.4 Å². The SMILES string of the molecule is COc1ccccc1CNC(=O)CN1CCNCC1c1cccc(Cl)c1.Cl. The molecular weight excluding hydrogens is 385 g/mol. The topological polar surface area (TPSA) is 53.6 Å². The molecule has 0 aromatic heterocycles. The third-order valence-electron chi connectivity index (χ3n) is 4.60. The highest BCUT2D eigenvalue weighted by Crippen LogP contribution is 2.24. The third-order valence-corrected chi connectivity index (χ3v) is 4.84. The lowest BCUT2D eigenvalue weighted by Crippen LogP contribution is -2.49. The number of methoxy groups -OCH3 is 1. The van der Waals surface area contributed by atoms with E-state index in [-0.39, 0.29) is 24.4 Å². The van der Waals surface area contributed by atoms with Crippen molar-refractivity contribution in [1.29, 1.82) is 0 Å². The van der Waals surface area contributed by atoms with Crippen LogP contribution in [-0.2, 0) is 11.3 Å². The van der Waals surface area contributed by atoms with E-state index >= 15 is 0 Å². The Morgan fingerprint density at radius 2 is 2.11 bits per heavy atom. The van der Waals surface area contributed by atoms with E-state index in [1.807, 2.05) is 42.5 Å². The summed E-state index contributed by atoms with van der Waals surface area (Å²) in [5.41, 5.74) is 2.09. The van der Waals surface area contributed by atoms with Gasteiger partial charge in [0.25, 0.3) is 0 Å². The van der Waals surface area contributed by atoms with E-state index in [0.717, 1.165) is 36.5 Å². The largest absolute Gasteiger partial charge is 0.496 e. The van der Waals surface area contributed by atoms with Crippen LogP contribution in [0.5, 0.6) is 5.75 Å². The van der Waals surface area contributed by atoms with E-state index in [1.54, 1.807) is 7.11 Å². The molecular formula is C20H25Cl2N3O2. The lowest BCUT2D eigenvalue weighted by molar-refractivity contribution is -0.123. The predicted octanol–water partition coefficient (Wildman–Crippen LogP) is 3.03. The summed E-state index contributed by atoms with van der Waals surface area (Å²) < 4.78 is 5.33. The van der Waals surface area contributed by atoms with Crippen LogP contribution in [0.15, 0.2) is 48.5 Å². The van der Waals surface area contributed by atoms with Crippen molar-refractivity contribution in [3.05, 3.63) is 64.7 Å². The van der Waals surface area contributed by atoms with Crippen molar-refractivity contribution in [3.63, 3.8) is 0 Å². The Kier molecular flexibility index (Phi) is 8.38. The van der Waals surface area contributed by atoms with Gasteiger partial charge in [-0.2, -0.15) is 0 Å². The summed E-state index contributed by atoms with van der Waals surface area (Å²) in [6.07, 6.45) is 0. The summed E-state index contributed by atoms with van der Waals surface area (Å²) in [7, 11) is 1.64. The van der Waals surface area contributed by atoms with E-state index in [9.17, 15) is 4.79 Å². The minimum Gasteiger partial charge on any atom is -0.496 e. The second-order valence-electron chi connectivity index (χ2n) is 6.33. The van der Waals surface area contributed by atoms with E-state index in [4.69, 9.17) is 16.3 Å². The van der Waals surface area contributed by atoms with Crippen LogP contribution in [0.4, 0.5) is 0 Å². The molecule has 2 aromatic carbocycles. The number of benzene rings is 2. The molecule has 1 heterocycles. The molecule has 1 unspecified atom stereocenters. The second kappa shape index (κ2) is 10.5. The molecule has 146 valence electrons. The number of para-hydroxylation sites is 1. The van der Waals surface area contributed by atoms with E-state index in [0.29, 0.717) is 18.1 Å². The van der Waals surface area contributed by atoms with Gasteiger partial charge in [0.05, 0.1) is 13.7 Å². The molecule has 1 saturated heterocycles. The maximum Gasteiger partial charge on any atom is 0.234 e. The van der Waals surface area contributed by atoms with Crippen LogP contribution < -0.4 is 15.4 Å². The van der Waals surface area contributed by atoms with Crippen LogP contribution in [0.3, 0.4) is 0 Å². The fraction of sp³-hybridized carbons (Fsp3) is 0.350. The first-order chi connectivity index (χ1) is 12.7. The third kappa shape index (κ3) is 5.84. The Labute approximate surface area is 171 Å². The van der Waals surface area contributed by atoms with Crippen molar-refractivity contribution in [2.75, 3.05) is 33.3 Å². The zero-order valence-electron chi connectivity index (χ0n) is 15.3. The van der Waals surface area contributed by atoms with Gasteiger partial charge in [-0.3, -0.25) is 9.69 Å². The summed E-state index contributed by atoms with van der Waals surface area (Å²) in [4.78, 5) is 14.7. The summed E-state index contributed by atoms with van der Waals surface area (Å²) in [5, 5.41) is 7.11. The number of hydrogen-bond donors (Lipinski definition) is 2. The summed E-state index contributed by atoms with van der Waals surface area (Å²) in [6.45, 7) is 3.31. The van der Waals surface area contributed by atoms with Crippen molar-refractivity contribution >= 4 is 29.9 Å². The highest BCUT2D eigenvalue weighted by molar-refractivity contribution is 6.30. The van der Waals surface area contributed by atoms with E-state index < -0.39 is 0 Å². The molecule has 3 rings (SSSR count). The maximum atomic E-state index is 12.5. The molecule has 1 aliphatic rings. The Bertz CT molecular complexity index is 758. The molecule has 0 bridgehead atoms. The van der Waals surface area contributed by atoms with E-state index in [1.165, 1.54) is 0 Å². The van der Waals surface area contributed by atoms with Crippen molar-refractivity contribution < 1.29 is 9.53 Å². The summed E-state index contributed by atoms with van der Waals surface area (Å²) in [5.74, 6) is 0.789. The minimum absolute atomic E-state index is 0. The predicted molar refractivity (Wildman–Crippen MR) is 111 cm³/mol. The first kappa shape index (κ1) is 21.5. The van der Waals surface area contributed by atoms with E-state index in [2.05, 4.69) is 21.6 Å². The Hall–Kier alpha value is -1.79. The number of ether oxygens (including phenoxy) is 1. The molecule has 0 spiro atoms. The van der Waals surface area contributed by atoms with Gasteiger partial charge in [-0.25, -0.2) is 0 Å². The van der Waals surface area contributed by atoms with Gasteiger partial charge in [0, 0.05) is 42.8 Å². The molecule has 0 saturated carbocycles. The molecule has 7 heteroatoms. The lowest BCUT2D eigenvalue weighted by atomic mass is 10.0. The molecule has 2 N–H and O–H groups in total. The monoisotopic (exact) mass is 409 g/mol. The average Bonchev–Trinajstić information content (AvgIpc) is 2.67. The van der Waals surface area contributed by atoms with Gasteiger partial charge in [0.15, 0.2) is 0 Å². The lowest BCUT2D eigenvalue weighted by Gasteiger charge is -2.36. The van der Waals surface area contributed by atoms with Gasteiger partial charge in [-0.1, -0.05) is 41.9 Å². The zero-order valence-corrected chi connectivity index (χ0v) is 16.9. The van der Waals surface area contributed by atoms with Crippen molar-refractivity contribution in [2.24, 2.45) is 0 Å². The smallest absolute Gasteiger partial charge is 0.234 e. The van der Waals surface area contributed by atoms with Crippen molar-refractivity contribution in [1.82, 2.24) is 15.5 Å². The van der Waals surface area contributed by atoms with Crippen molar-refractivity contribution in [2.45, 2.75) is 12.6 Å². The molecule has 0 radical (unpaired) electrons. The number of hydrogen-bond acceptors (Lipinski definition) is 4. The van der Waals surface area contributed by atoms with Crippen molar-refractivity contribution in [3.8, 4) is 5.75 Å². The van der Waals surface area contributed by atoms with Crippen LogP contribution in [0, 0.1) is 0 Å². The molecule has 1 amide bonds. The number of halogens is 2. The molecule has 27 heavy (non-hydrogen) atoms. The number of nitrogens with zero attached hydrogens (tertiary/aromatic N) is 1. The Morgan fingerprint density at radius 1 is 1.30 bits per heavy atom. The number of piperazine rings is 1. The highest BCUT2D eigenvalue weighted by Gasteiger charge is 2.25. The molecule has 5 nitrogen and oxygen atoms in total. The summed E-state index contributed by atoms with van der Waals surface area (Å²) >= 11 is 6.13. The van der Waals surface area contributed by atoms with Gasteiger partial charge in [0.1, 0.15) is 5.75 Å². The normalized spacial score (nSPS) is 17.0. The van der Waals surface area contributed by atoms with Gasteiger partial charge >= 0.3 is 0 Å². The molecule has 1 aliphatic heterocycles. The molecule has 0 aliphatic carbocycles. The first-order valence-corrected chi connectivity index (χ1v) is 9.14. The summed E-state index contributed by atoms with van der Waals surface area (Å²) in [6, 6.07) is 15.7. The number of carbonyl (C=O) groups is 1. The molecule has 1 fully saturated rings. The number of carbonyl (C=O) groups excluding carboxylic acids is 1. The highest BCUT2D eigenvalue weighted by atomic mass is 35.5. The van der Waals surface area contributed by atoms with Crippen LogP contribution in [0.1, 0.15) is 17.2 Å². The standard InChI is InChI=1S/C20H24ClN3O2.ClH/c1-26-19-8-3-2-5-16(19)12-23-20(25)14-24-10-9-22-13-18(24)15-6-4-7-17(21)11-15;/h2-8,11,18,22H,9-10,12-14H2,1H3,(H,23,25);1H. The van der Waals surface area contributed by atoms with Crippen LogP contribution >= 0.6 is 24.0 Å². The van der Waals surface area contributed by atoms with Gasteiger partial charge in [-0.15, -0.1) is 12.4 Å². The average molecular weight is 410 g/mol. The maximum absolute atomic E-state index is 12.5. The van der Waals surface area contributed by atoms with Crippen LogP contribution in [-0.4, -0.2) is 44.1 Å². The van der Waals surface area contributed by atoms with Crippen LogP contribution in [0.25, 0.3) is 0 Å². The molecule has 1 atom stereocenters. The number of amides is 1. The quantitative estimate of drug-likeness (QED) is 0.769. The number of rotatable bonds is 6. The van der Waals surface area contributed by atoms with Gasteiger partial charge in [0.2, 0.25) is 5.91 Å². The fourth-order valence-corrected chi connectivity index (χ4v) is 3.46. The Balaban J connectivity index is 0.00000261. The van der Waals surface area contributed by atoms with Gasteiger partial charge in [-0.05, 0) is 23.8 Å². The minimum atomic E-state index is 0. The Morgan fingerprint density at radius 3 is 2.89 bits per heavy atom. The second-order valence-corrected chi connectivity index (χ2v) is 6.77.